The van der Waals surface area contributed by atoms with E-state index in [-0.39, 0.29) is 11.7 Å². The van der Waals surface area contributed by atoms with Crippen LogP contribution in [0, 0.1) is 0 Å². The maximum atomic E-state index is 11.4. The molecule has 0 atom stereocenters. The van der Waals surface area contributed by atoms with Crippen molar-refractivity contribution in [2.24, 2.45) is 7.05 Å². The number of hydrogen-bond acceptors (Lipinski definition) is 6. The van der Waals surface area contributed by atoms with Gasteiger partial charge in [-0.05, 0) is 0 Å². The number of nitrogens with two attached hydrogens (primary N) is 1. The van der Waals surface area contributed by atoms with Crippen LogP contribution in [-0.2, 0) is 11.8 Å². The van der Waals surface area contributed by atoms with Crippen LogP contribution in [0.4, 0.5) is 10.7 Å². The van der Waals surface area contributed by atoms with Gasteiger partial charge in [-0.2, -0.15) is 0 Å². The Bertz CT molecular complexity index is 458. The zero-order valence-electron chi connectivity index (χ0n) is 9.84. The van der Waals surface area contributed by atoms with Crippen LogP contribution in [-0.4, -0.2) is 39.0 Å². The molecule has 0 radical (unpaired) electrons. The molecule has 1 heterocycles. The number of carbonyl (C=O) groups excluding carboxylic acids is 2. The summed E-state index contributed by atoms with van der Waals surface area (Å²) < 4.78 is 1.55. The monoisotopic (exact) mass is 270 g/mol. The summed E-state index contributed by atoms with van der Waals surface area (Å²) in [4.78, 5) is 22.5. The second-order valence-corrected chi connectivity index (χ2v) is 4.18. The predicted octanol–water partition coefficient (Wildman–Crippen LogP) is -0.499. The van der Waals surface area contributed by atoms with E-state index in [9.17, 15) is 9.59 Å². The molecule has 8 nitrogen and oxygen atoms in total. The number of urea groups is 1. The van der Waals surface area contributed by atoms with Gasteiger partial charge in [-0.3, -0.25) is 14.7 Å². The van der Waals surface area contributed by atoms with Crippen LogP contribution >= 0.6 is 11.8 Å². The zero-order chi connectivity index (χ0) is 13.5. The van der Waals surface area contributed by atoms with Crippen LogP contribution < -0.4 is 16.4 Å². The summed E-state index contributed by atoms with van der Waals surface area (Å²) in [6, 6.07) is -0.557. The molecule has 1 aromatic rings. The molecule has 0 fully saturated rings. The van der Waals surface area contributed by atoms with E-state index in [2.05, 4.69) is 27.4 Å². The van der Waals surface area contributed by atoms with Crippen molar-refractivity contribution >= 4 is 29.6 Å². The Hall–Kier alpha value is -2.03. The first-order valence-corrected chi connectivity index (χ1v) is 5.99. The van der Waals surface area contributed by atoms with Crippen LogP contribution in [0.5, 0.6) is 0 Å². The van der Waals surface area contributed by atoms with E-state index in [1.807, 2.05) is 0 Å². The molecule has 3 amide bonds. The third-order valence-electron chi connectivity index (χ3n) is 1.86. The zero-order valence-corrected chi connectivity index (χ0v) is 10.7. The number of imide groups is 1. The lowest BCUT2D eigenvalue weighted by molar-refractivity contribution is -0.117. The molecule has 0 spiro atoms. The highest BCUT2D eigenvalue weighted by Gasteiger charge is 2.11. The molecule has 0 unspecified atom stereocenters. The number of nitrogens with one attached hydrogen (secondary N) is 2. The molecular weight excluding hydrogens is 256 g/mol. The van der Waals surface area contributed by atoms with E-state index in [0.717, 1.165) is 11.8 Å². The fraction of sp³-hybridized carbons (Fsp3) is 0.333. The Morgan fingerprint density at radius 2 is 2.28 bits per heavy atom. The van der Waals surface area contributed by atoms with Gasteiger partial charge in [0.25, 0.3) is 0 Å². The van der Waals surface area contributed by atoms with Gasteiger partial charge in [0.15, 0.2) is 5.16 Å². The number of amides is 3. The van der Waals surface area contributed by atoms with Gasteiger partial charge < -0.3 is 11.1 Å². The first-order chi connectivity index (χ1) is 8.54. The Morgan fingerprint density at radius 1 is 1.56 bits per heavy atom. The fourth-order valence-electron chi connectivity index (χ4n) is 0.954. The molecular formula is C9H14N6O2S. The van der Waals surface area contributed by atoms with Gasteiger partial charge in [-0.1, -0.05) is 17.8 Å². The van der Waals surface area contributed by atoms with Gasteiger partial charge >= 0.3 is 6.03 Å². The summed E-state index contributed by atoms with van der Waals surface area (Å²) >= 11 is 1.14. The highest BCUT2D eigenvalue weighted by Crippen LogP contribution is 2.15. The molecule has 0 saturated carbocycles. The van der Waals surface area contributed by atoms with Gasteiger partial charge in [-0.15, -0.1) is 16.8 Å². The molecule has 0 aliphatic rings. The van der Waals surface area contributed by atoms with Crippen molar-refractivity contribution < 1.29 is 9.59 Å². The molecule has 9 heteroatoms. The van der Waals surface area contributed by atoms with E-state index in [1.54, 1.807) is 11.6 Å². The summed E-state index contributed by atoms with van der Waals surface area (Å²) in [6.45, 7) is 3.74. The van der Waals surface area contributed by atoms with E-state index in [4.69, 9.17) is 5.73 Å². The minimum Gasteiger partial charge on any atom is -0.368 e. The number of anilines is 1. The lowest BCUT2D eigenvalue weighted by atomic mass is 10.6. The Labute approximate surface area is 108 Å². The Balaban J connectivity index is 2.35. The number of aromatic nitrogens is 3. The normalized spacial score (nSPS) is 9.83. The van der Waals surface area contributed by atoms with Crippen molar-refractivity contribution in [1.29, 1.82) is 0 Å². The first kappa shape index (κ1) is 14.0. The van der Waals surface area contributed by atoms with Gasteiger partial charge in [0.2, 0.25) is 11.9 Å². The van der Waals surface area contributed by atoms with E-state index in [0.29, 0.717) is 11.7 Å². The molecule has 4 N–H and O–H groups in total. The lowest BCUT2D eigenvalue weighted by Crippen LogP contribution is -2.40. The third-order valence-corrected chi connectivity index (χ3v) is 2.88. The van der Waals surface area contributed by atoms with Crippen LogP contribution in [0.2, 0.25) is 0 Å². The van der Waals surface area contributed by atoms with Crippen molar-refractivity contribution in [3.05, 3.63) is 12.7 Å². The van der Waals surface area contributed by atoms with Crippen LogP contribution in [0.1, 0.15) is 0 Å². The molecule has 0 aliphatic carbocycles. The van der Waals surface area contributed by atoms with Crippen LogP contribution in [0.3, 0.4) is 0 Å². The Kier molecular flexibility index (Phi) is 5.18. The van der Waals surface area contributed by atoms with Crippen molar-refractivity contribution in [3.63, 3.8) is 0 Å². The number of rotatable bonds is 5. The molecule has 0 saturated heterocycles. The second kappa shape index (κ2) is 6.64. The molecule has 1 aromatic heterocycles. The molecule has 1 rings (SSSR count). The first-order valence-electron chi connectivity index (χ1n) is 5.00. The number of nitrogen functional groups attached to an aromatic ring is 1. The minimum absolute atomic E-state index is 0.0491. The molecule has 0 bridgehead atoms. The summed E-state index contributed by atoms with van der Waals surface area (Å²) in [6.07, 6.45) is 1.52. The van der Waals surface area contributed by atoms with Crippen molar-refractivity contribution in [1.82, 2.24) is 25.4 Å². The maximum Gasteiger partial charge on any atom is 0.321 e. The largest absolute Gasteiger partial charge is 0.368 e. The minimum atomic E-state index is -0.557. The quantitative estimate of drug-likeness (QED) is 0.491. The molecule has 0 aromatic carbocycles. The standard InChI is InChI=1S/C9H14N6O2S/c1-3-4-11-8(17)12-6(16)5-18-9-14-13-7(10)15(9)2/h3H,1,4-5H2,2H3,(H2,10,13)(H2,11,12,16,17). The third kappa shape index (κ3) is 4.09. The SMILES string of the molecule is C=CCNC(=O)NC(=O)CSc1nnc(N)n1C. The number of carbonyl (C=O) groups is 2. The van der Waals surface area contributed by atoms with Crippen LogP contribution in [0.25, 0.3) is 0 Å². The Morgan fingerprint density at radius 3 is 2.83 bits per heavy atom. The van der Waals surface area contributed by atoms with Gasteiger partial charge in [0.1, 0.15) is 0 Å². The van der Waals surface area contributed by atoms with Gasteiger partial charge in [0, 0.05) is 13.6 Å². The van der Waals surface area contributed by atoms with E-state index < -0.39 is 11.9 Å². The summed E-state index contributed by atoms with van der Waals surface area (Å²) in [5, 5.41) is 12.5. The fourth-order valence-corrected chi connectivity index (χ4v) is 1.67. The van der Waals surface area contributed by atoms with Gasteiger partial charge in [-0.25, -0.2) is 4.79 Å². The highest BCUT2D eigenvalue weighted by molar-refractivity contribution is 7.99. The van der Waals surface area contributed by atoms with Gasteiger partial charge in [0.05, 0.1) is 5.75 Å². The maximum absolute atomic E-state index is 11.4. The van der Waals surface area contributed by atoms with E-state index in [1.165, 1.54) is 6.08 Å². The van der Waals surface area contributed by atoms with Crippen LogP contribution in [0.15, 0.2) is 17.8 Å². The highest BCUT2D eigenvalue weighted by atomic mass is 32.2. The number of nitrogens with zero attached hydrogens (tertiary/aromatic N) is 3. The summed E-state index contributed by atoms with van der Waals surface area (Å²) in [7, 11) is 1.69. The topological polar surface area (TPSA) is 115 Å². The summed E-state index contributed by atoms with van der Waals surface area (Å²) in [5.41, 5.74) is 5.48. The van der Waals surface area contributed by atoms with Crippen molar-refractivity contribution in [2.45, 2.75) is 5.16 Å². The van der Waals surface area contributed by atoms with E-state index >= 15 is 0 Å². The lowest BCUT2D eigenvalue weighted by Gasteiger charge is -2.04. The number of thioether (sulfide) groups is 1. The second-order valence-electron chi connectivity index (χ2n) is 3.24. The summed E-state index contributed by atoms with van der Waals surface area (Å²) in [5.74, 6) is -0.113. The average Bonchev–Trinajstić information content (AvgIpc) is 2.65. The molecule has 98 valence electrons. The van der Waals surface area contributed by atoms with Crippen molar-refractivity contribution in [2.75, 3.05) is 18.0 Å². The molecule has 18 heavy (non-hydrogen) atoms. The predicted molar refractivity (Wildman–Crippen MR) is 67.9 cm³/mol. The average molecular weight is 270 g/mol. The molecule has 0 aliphatic heterocycles. The van der Waals surface area contributed by atoms with Crippen molar-refractivity contribution in [3.8, 4) is 0 Å². The smallest absolute Gasteiger partial charge is 0.321 e. The number of hydrogen-bond donors (Lipinski definition) is 3.